The zero-order valence-corrected chi connectivity index (χ0v) is 17.7. The highest BCUT2D eigenvalue weighted by Gasteiger charge is 2.31. The first-order chi connectivity index (χ1) is 14.3. The number of hydrogen-bond donors (Lipinski definition) is 1. The zero-order chi connectivity index (χ0) is 21.3. The molecule has 2 aromatic rings. The minimum atomic E-state index is -3.32. The van der Waals surface area contributed by atoms with Gasteiger partial charge in [0.05, 0.1) is 17.9 Å². The third kappa shape index (κ3) is 4.18. The molecule has 4 rings (SSSR count). The third-order valence-electron chi connectivity index (χ3n) is 5.70. The Morgan fingerprint density at radius 3 is 2.57 bits per heavy atom. The minimum absolute atomic E-state index is 0.0727. The van der Waals surface area contributed by atoms with Crippen molar-refractivity contribution in [2.24, 2.45) is 5.92 Å². The second-order valence-electron chi connectivity index (χ2n) is 7.87. The lowest BCUT2D eigenvalue weighted by Gasteiger charge is -2.32. The predicted octanol–water partition coefficient (Wildman–Crippen LogP) is 2.50. The number of amides is 2. The maximum Gasteiger partial charge on any atom is 0.253 e. The first-order valence-corrected chi connectivity index (χ1v) is 11.9. The molecule has 1 N–H and O–H groups in total. The van der Waals surface area contributed by atoms with Crippen LogP contribution in [0, 0.1) is 5.92 Å². The largest absolute Gasteiger partial charge is 0.338 e. The van der Waals surface area contributed by atoms with Gasteiger partial charge in [0.25, 0.3) is 5.91 Å². The Kier molecular flexibility index (Phi) is 5.51. The Balaban J connectivity index is 1.45. The molecule has 1 atom stereocenters. The molecular weight excluding hydrogens is 402 g/mol. The Hall–Kier alpha value is -2.87. The van der Waals surface area contributed by atoms with E-state index in [1.165, 1.54) is 10.6 Å². The Labute approximate surface area is 176 Å². The average molecular weight is 428 g/mol. The summed E-state index contributed by atoms with van der Waals surface area (Å²) in [7, 11) is -3.32. The van der Waals surface area contributed by atoms with Crippen LogP contribution in [0.4, 0.5) is 11.4 Å². The number of likely N-dealkylation sites (tertiary alicyclic amines) is 1. The Morgan fingerprint density at radius 2 is 1.83 bits per heavy atom. The van der Waals surface area contributed by atoms with E-state index < -0.39 is 10.0 Å². The van der Waals surface area contributed by atoms with E-state index in [-0.39, 0.29) is 17.7 Å². The number of para-hydroxylation sites is 1. The van der Waals surface area contributed by atoms with Crippen LogP contribution in [0.3, 0.4) is 0 Å². The van der Waals surface area contributed by atoms with E-state index in [0.29, 0.717) is 37.3 Å². The molecule has 0 bridgehead atoms. The van der Waals surface area contributed by atoms with Gasteiger partial charge in [0.1, 0.15) is 0 Å². The monoisotopic (exact) mass is 427 g/mol. The fourth-order valence-corrected chi connectivity index (χ4v) is 5.13. The fourth-order valence-electron chi connectivity index (χ4n) is 4.17. The standard InChI is InChI=1S/C22H25N3O4S/c1-30(28,29)25-13-11-16-14-17(9-10-20(16)25)22(27)24-12-5-6-18(15-24)21(26)23-19-7-3-2-4-8-19/h2-4,7-10,14,18H,5-6,11-13,15H2,1H3,(H,23,26)/t18-/m1/s1. The Bertz CT molecular complexity index is 1070. The average Bonchev–Trinajstić information content (AvgIpc) is 3.18. The van der Waals surface area contributed by atoms with Gasteiger partial charge in [-0.3, -0.25) is 13.9 Å². The van der Waals surface area contributed by atoms with Crippen molar-refractivity contribution in [3.63, 3.8) is 0 Å². The lowest BCUT2D eigenvalue weighted by atomic mass is 9.96. The van der Waals surface area contributed by atoms with Crippen LogP contribution < -0.4 is 9.62 Å². The van der Waals surface area contributed by atoms with Crippen molar-refractivity contribution in [2.75, 3.05) is 35.5 Å². The number of rotatable bonds is 4. The highest BCUT2D eigenvalue weighted by molar-refractivity contribution is 7.92. The van der Waals surface area contributed by atoms with Gasteiger partial charge in [-0.1, -0.05) is 18.2 Å². The van der Waals surface area contributed by atoms with Crippen LogP contribution >= 0.6 is 0 Å². The normalized spacial score (nSPS) is 18.8. The summed E-state index contributed by atoms with van der Waals surface area (Å²) >= 11 is 0. The molecule has 7 nitrogen and oxygen atoms in total. The molecule has 2 heterocycles. The van der Waals surface area contributed by atoms with Gasteiger partial charge >= 0.3 is 0 Å². The summed E-state index contributed by atoms with van der Waals surface area (Å²) in [5, 5.41) is 2.92. The van der Waals surface area contributed by atoms with Gasteiger partial charge in [-0.25, -0.2) is 8.42 Å². The van der Waals surface area contributed by atoms with Crippen LogP contribution in [0.2, 0.25) is 0 Å². The maximum atomic E-state index is 13.1. The Morgan fingerprint density at radius 1 is 1.07 bits per heavy atom. The van der Waals surface area contributed by atoms with E-state index in [1.54, 1.807) is 23.1 Å². The first kappa shape index (κ1) is 20.4. The molecule has 2 aliphatic rings. The smallest absolute Gasteiger partial charge is 0.253 e. The summed E-state index contributed by atoms with van der Waals surface area (Å²) in [6.07, 6.45) is 3.29. The second-order valence-corrected chi connectivity index (χ2v) is 9.78. The summed E-state index contributed by atoms with van der Waals surface area (Å²) < 4.78 is 25.2. The predicted molar refractivity (Wildman–Crippen MR) is 116 cm³/mol. The fraction of sp³-hybridized carbons (Fsp3) is 0.364. The van der Waals surface area contributed by atoms with Crippen molar-refractivity contribution in [2.45, 2.75) is 19.3 Å². The van der Waals surface area contributed by atoms with Crippen LogP contribution in [0.25, 0.3) is 0 Å². The highest BCUT2D eigenvalue weighted by atomic mass is 32.2. The van der Waals surface area contributed by atoms with Gasteiger partial charge in [0, 0.05) is 30.9 Å². The maximum absolute atomic E-state index is 13.1. The number of carbonyl (C=O) groups excluding carboxylic acids is 2. The molecule has 1 saturated heterocycles. The molecule has 0 radical (unpaired) electrons. The van der Waals surface area contributed by atoms with Gasteiger partial charge in [-0.05, 0) is 55.2 Å². The molecule has 0 aliphatic carbocycles. The number of sulfonamides is 1. The summed E-state index contributed by atoms with van der Waals surface area (Å²) in [4.78, 5) is 27.4. The summed E-state index contributed by atoms with van der Waals surface area (Å²) in [6.45, 7) is 1.39. The van der Waals surface area contributed by atoms with Gasteiger partial charge < -0.3 is 10.2 Å². The molecule has 158 valence electrons. The number of hydrogen-bond acceptors (Lipinski definition) is 4. The van der Waals surface area contributed by atoms with E-state index >= 15 is 0 Å². The van der Waals surface area contributed by atoms with E-state index in [9.17, 15) is 18.0 Å². The molecule has 2 aliphatic heterocycles. The molecular formula is C22H25N3O4S. The van der Waals surface area contributed by atoms with Gasteiger partial charge in [-0.15, -0.1) is 0 Å². The number of piperidine rings is 1. The molecule has 0 unspecified atom stereocenters. The topological polar surface area (TPSA) is 86.8 Å². The van der Waals surface area contributed by atoms with Crippen LogP contribution in [-0.4, -0.2) is 51.0 Å². The highest BCUT2D eigenvalue weighted by Crippen LogP contribution is 2.31. The third-order valence-corrected chi connectivity index (χ3v) is 6.88. The molecule has 8 heteroatoms. The first-order valence-electron chi connectivity index (χ1n) is 10.1. The van der Waals surface area contributed by atoms with Crippen molar-refractivity contribution >= 4 is 33.2 Å². The molecule has 0 aromatic heterocycles. The summed E-state index contributed by atoms with van der Waals surface area (Å²) in [6, 6.07) is 14.5. The van der Waals surface area contributed by atoms with E-state index in [4.69, 9.17) is 0 Å². The number of benzene rings is 2. The van der Waals surface area contributed by atoms with Crippen LogP contribution in [0.1, 0.15) is 28.8 Å². The zero-order valence-electron chi connectivity index (χ0n) is 16.9. The van der Waals surface area contributed by atoms with Crippen LogP contribution in [-0.2, 0) is 21.2 Å². The number of nitrogens with one attached hydrogen (secondary N) is 1. The molecule has 30 heavy (non-hydrogen) atoms. The molecule has 2 aromatic carbocycles. The summed E-state index contributed by atoms with van der Waals surface area (Å²) in [5.74, 6) is -0.442. The van der Waals surface area contributed by atoms with Crippen molar-refractivity contribution in [1.82, 2.24) is 4.90 Å². The van der Waals surface area contributed by atoms with Crippen molar-refractivity contribution in [3.05, 3.63) is 59.7 Å². The summed E-state index contributed by atoms with van der Waals surface area (Å²) in [5.41, 5.74) is 2.79. The molecule has 0 spiro atoms. The molecule has 1 fully saturated rings. The van der Waals surface area contributed by atoms with Gasteiger partial charge in [0.2, 0.25) is 15.9 Å². The number of nitrogens with zero attached hydrogens (tertiary/aromatic N) is 2. The van der Waals surface area contributed by atoms with Gasteiger partial charge in [0.15, 0.2) is 0 Å². The minimum Gasteiger partial charge on any atom is -0.338 e. The lowest BCUT2D eigenvalue weighted by molar-refractivity contribution is -0.121. The lowest BCUT2D eigenvalue weighted by Crippen LogP contribution is -2.43. The quantitative estimate of drug-likeness (QED) is 0.812. The van der Waals surface area contributed by atoms with E-state index in [1.807, 2.05) is 30.3 Å². The van der Waals surface area contributed by atoms with E-state index in [2.05, 4.69) is 5.32 Å². The van der Waals surface area contributed by atoms with Crippen molar-refractivity contribution < 1.29 is 18.0 Å². The van der Waals surface area contributed by atoms with Crippen LogP contribution in [0.15, 0.2) is 48.5 Å². The SMILES string of the molecule is CS(=O)(=O)N1CCc2cc(C(=O)N3CCC[C@@H](C(=O)Nc4ccccc4)C3)ccc21. The molecule has 0 saturated carbocycles. The van der Waals surface area contributed by atoms with Crippen molar-refractivity contribution in [3.8, 4) is 0 Å². The number of carbonyl (C=O) groups is 2. The number of anilines is 2. The second kappa shape index (κ2) is 8.10. The van der Waals surface area contributed by atoms with Gasteiger partial charge in [-0.2, -0.15) is 0 Å². The van der Waals surface area contributed by atoms with Crippen molar-refractivity contribution in [1.29, 1.82) is 0 Å². The van der Waals surface area contributed by atoms with E-state index in [0.717, 1.165) is 24.1 Å². The number of fused-ring (bicyclic) bond motifs is 1. The van der Waals surface area contributed by atoms with Crippen LogP contribution in [0.5, 0.6) is 0 Å². The molecule has 2 amide bonds.